The van der Waals surface area contributed by atoms with Crippen LogP contribution in [0.25, 0.3) is 0 Å². The van der Waals surface area contributed by atoms with Crippen molar-refractivity contribution in [2.24, 2.45) is 11.8 Å². The van der Waals surface area contributed by atoms with E-state index >= 15 is 0 Å². The summed E-state index contributed by atoms with van der Waals surface area (Å²) < 4.78 is 0. The van der Waals surface area contributed by atoms with Gasteiger partial charge in [0.25, 0.3) is 0 Å². The average Bonchev–Trinajstić information content (AvgIpc) is 2.47. The summed E-state index contributed by atoms with van der Waals surface area (Å²) in [7, 11) is 0. The first-order valence-corrected chi connectivity index (χ1v) is 8.53. The van der Waals surface area contributed by atoms with Crippen molar-refractivity contribution in [1.82, 2.24) is 15.0 Å². The van der Waals surface area contributed by atoms with Crippen LogP contribution in [0.2, 0.25) is 0 Å². The lowest BCUT2D eigenvalue weighted by Gasteiger charge is -2.20. The van der Waals surface area contributed by atoms with E-state index in [2.05, 4.69) is 72.2 Å². The van der Waals surface area contributed by atoms with Gasteiger partial charge in [-0.05, 0) is 17.9 Å². The highest BCUT2D eigenvalue weighted by atomic mass is 15.2. The lowest BCUT2D eigenvalue weighted by atomic mass is 9.94. The van der Waals surface area contributed by atoms with Gasteiger partial charge < -0.3 is 16.8 Å². The molecule has 6 N–H and O–H groups in total. The fraction of sp³-hybridized carbons (Fsp3) is 0.500. The van der Waals surface area contributed by atoms with Crippen molar-refractivity contribution in [2.75, 3.05) is 11.5 Å². The van der Waals surface area contributed by atoms with Gasteiger partial charge in [-0.2, -0.15) is 15.0 Å². The number of quaternary nitrogens is 1. The number of nitrogens with two attached hydrogens (primary N) is 3. The van der Waals surface area contributed by atoms with Gasteiger partial charge in [0.15, 0.2) is 5.82 Å². The Bertz CT molecular complexity index is 631. The Balaban J connectivity index is 2.08. The largest absolute Gasteiger partial charge is 0.368 e. The molecule has 0 saturated carbocycles. The number of aromatic nitrogens is 3. The summed E-state index contributed by atoms with van der Waals surface area (Å²) in [6, 6.07) is 9.26. The normalized spacial score (nSPS) is 12.8. The number of anilines is 2. The van der Waals surface area contributed by atoms with E-state index in [1.807, 2.05) is 0 Å². The number of hydrogen-bond donors (Lipinski definition) is 3. The maximum Gasteiger partial charge on any atom is 0.225 e. The maximum absolute atomic E-state index is 5.64. The number of nitrogen functional groups attached to an aromatic ring is 2. The molecule has 130 valence electrons. The number of benzene rings is 1. The third kappa shape index (κ3) is 5.16. The minimum absolute atomic E-state index is 0.171. The van der Waals surface area contributed by atoms with E-state index in [4.69, 9.17) is 11.5 Å². The summed E-state index contributed by atoms with van der Waals surface area (Å²) in [5.74, 6) is 2.11. The standard InChI is InChI=1S/C18H28N6/c1-11(2)9-13-5-7-14(8-6-13)16(12(3)4)21-10-15-22-17(19)24-18(20)23-15/h5-8,11-12,16,21H,9-10H2,1-4H3,(H4,19,20,22,23,24)/p+1/t16-/m0/s1. The molecule has 2 aromatic rings. The number of nitrogens with zero attached hydrogens (tertiary/aromatic N) is 3. The molecule has 6 heteroatoms. The molecule has 2 rings (SSSR count). The molecule has 1 heterocycles. The second-order valence-corrected chi connectivity index (χ2v) is 7.02. The number of hydrogen-bond acceptors (Lipinski definition) is 5. The molecule has 0 bridgehead atoms. The second-order valence-electron chi connectivity index (χ2n) is 7.02. The Morgan fingerprint density at radius 2 is 1.50 bits per heavy atom. The lowest BCUT2D eigenvalue weighted by molar-refractivity contribution is -0.718. The summed E-state index contributed by atoms with van der Waals surface area (Å²) in [5.41, 5.74) is 14.0. The van der Waals surface area contributed by atoms with Crippen molar-refractivity contribution in [3.8, 4) is 0 Å². The van der Waals surface area contributed by atoms with E-state index in [9.17, 15) is 0 Å². The zero-order valence-corrected chi connectivity index (χ0v) is 15.0. The number of rotatable bonds is 7. The third-order valence-electron chi connectivity index (χ3n) is 4.00. The minimum atomic E-state index is 0.171. The second kappa shape index (κ2) is 8.06. The first kappa shape index (κ1) is 18.1. The minimum Gasteiger partial charge on any atom is -0.368 e. The summed E-state index contributed by atoms with van der Waals surface area (Å²) in [4.78, 5) is 12.1. The molecule has 0 aliphatic heterocycles. The molecule has 0 aliphatic rings. The van der Waals surface area contributed by atoms with Crippen LogP contribution in [0.4, 0.5) is 11.9 Å². The first-order valence-electron chi connectivity index (χ1n) is 8.53. The van der Waals surface area contributed by atoms with Crippen molar-refractivity contribution in [3.05, 3.63) is 41.2 Å². The van der Waals surface area contributed by atoms with Crippen LogP contribution < -0.4 is 16.8 Å². The molecule has 24 heavy (non-hydrogen) atoms. The van der Waals surface area contributed by atoms with Crippen LogP contribution in [-0.4, -0.2) is 15.0 Å². The Hall–Kier alpha value is -2.21. The molecular weight excluding hydrogens is 300 g/mol. The topological polar surface area (TPSA) is 107 Å². The molecule has 0 unspecified atom stereocenters. The predicted molar refractivity (Wildman–Crippen MR) is 96.8 cm³/mol. The smallest absolute Gasteiger partial charge is 0.225 e. The highest BCUT2D eigenvalue weighted by Crippen LogP contribution is 2.19. The van der Waals surface area contributed by atoms with E-state index in [1.165, 1.54) is 11.1 Å². The lowest BCUT2D eigenvalue weighted by Crippen LogP contribution is -2.85. The molecule has 0 aliphatic carbocycles. The van der Waals surface area contributed by atoms with Crippen LogP contribution in [0.1, 0.15) is 50.7 Å². The van der Waals surface area contributed by atoms with Crippen molar-refractivity contribution in [1.29, 1.82) is 0 Å². The molecule has 1 aromatic carbocycles. The molecule has 0 amide bonds. The van der Waals surface area contributed by atoms with E-state index in [0.717, 1.165) is 6.42 Å². The Kier molecular flexibility index (Phi) is 6.09. The Morgan fingerprint density at radius 1 is 0.917 bits per heavy atom. The average molecular weight is 329 g/mol. The van der Waals surface area contributed by atoms with Crippen molar-refractivity contribution in [2.45, 2.75) is 46.7 Å². The molecule has 6 nitrogen and oxygen atoms in total. The maximum atomic E-state index is 5.64. The highest BCUT2D eigenvalue weighted by molar-refractivity contribution is 5.26. The summed E-state index contributed by atoms with van der Waals surface area (Å²) in [6.07, 6.45) is 1.11. The van der Waals surface area contributed by atoms with Gasteiger partial charge in [0.05, 0.1) is 0 Å². The van der Waals surface area contributed by atoms with Gasteiger partial charge in [-0.3, -0.25) is 0 Å². The fourth-order valence-corrected chi connectivity index (χ4v) is 2.92. The molecule has 1 aromatic heterocycles. The quantitative estimate of drug-likeness (QED) is 0.716. The van der Waals surface area contributed by atoms with Gasteiger partial charge in [0.1, 0.15) is 12.6 Å². The van der Waals surface area contributed by atoms with Gasteiger partial charge in [0, 0.05) is 11.5 Å². The van der Waals surface area contributed by atoms with Crippen LogP contribution in [0, 0.1) is 11.8 Å². The SMILES string of the molecule is CC(C)Cc1ccc([C@@H]([NH2+]Cc2nc(N)nc(N)n2)C(C)C)cc1. The summed E-state index contributed by atoms with van der Waals surface area (Å²) >= 11 is 0. The highest BCUT2D eigenvalue weighted by Gasteiger charge is 2.20. The van der Waals surface area contributed by atoms with Crippen molar-refractivity contribution < 1.29 is 5.32 Å². The molecule has 1 atom stereocenters. The zero-order chi connectivity index (χ0) is 17.7. The molecule has 0 spiro atoms. The first-order chi connectivity index (χ1) is 11.3. The van der Waals surface area contributed by atoms with Gasteiger partial charge in [-0.25, -0.2) is 0 Å². The van der Waals surface area contributed by atoms with Gasteiger partial charge in [-0.15, -0.1) is 0 Å². The molecule has 0 fully saturated rings. The zero-order valence-electron chi connectivity index (χ0n) is 15.0. The van der Waals surface area contributed by atoms with E-state index < -0.39 is 0 Å². The predicted octanol–water partition coefficient (Wildman–Crippen LogP) is 1.70. The van der Waals surface area contributed by atoms with E-state index in [1.54, 1.807) is 0 Å². The monoisotopic (exact) mass is 329 g/mol. The summed E-state index contributed by atoms with van der Waals surface area (Å²) in [5, 5.41) is 2.23. The van der Waals surface area contributed by atoms with Crippen LogP contribution in [0.5, 0.6) is 0 Å². The molecule has 0 saturated heterocycles. The van der Waals surface area contributed by atoms with Crippen LogP contribution >= 0.6 is 0 Å². The Labute approximate surface area is 144 Å². The van der Waals surface area contributed by atoms with E-state index in [0.29, 0.717) is 30.2 Å². The molecule has 0 radical (unpaired) electrons. The third-order valence-corrected chi connectivity index (χ3v) is 4.00. The van der Waals surface area contributed by atoms with Crippen LogP contribution in [0.3, 0.4) is 0 Å². The fourth-order valence-electron chi connectivity index (χ4n) is 2.92. The van der Waals surface area contributed by atoms with E-state index in [-0.39, 0.29) is 11.9 Å². The van der Waals surface area contributed by atoms with Gasteiger partial charge in [-0.1, -0.05) is 52.0 Å². The van der Waals surface area contributed by atoms with Crippen molar-refractivity contribution in [3.63, 3.8) is 0 Å². The molecular formula is C18H29N6+. The summed E-state index contributed by atoms with van der Waals surface area (Å²) in [6.45, 7) is 9.54. The Morgan fingerprint density at radius 3 is 2.00 bits per heavy atom. The van der Waals surface area contributed by atoms with Crippen LogP contribution in [-0.2, 0) is 13.0 Å². The van der Waals surface area contributed by atoms with Crippen LogP contribution in [0.15, 0.2) is 24.3 Å². The van der Waals surface area contributed by atoms with Gasteiger partial charge in [0.2, 0.25) is 11.9 Å². The van der Waals surface area contributed by atoms with Crippen molar-refractivity contribution >= 4 is 11.9 Å². The van der Waals surface area contributed by atoms with Gasteiger partial charge >= 0.3 is 0 Å².